The number of benzene rings is 3. The van der Waals surface area contributed by atoms with E-state index in [1.807, 2.05) is 74.5 Å². The number of aromatic nitrogens is 1. The predicted octanol–water partition coefficient (Wildman–Crippen LogP) is 6.30. The van der Waals surface area contributed by atoms with Crippen LogP contribution in [-0.4, -0.2) is 22.5 Å². The molecule has 176 valence electrons. The van der Waals surface area contributed by atoms with Crippen LogP contribution in [0, 0.1) is 5.92 Å². The van der Waals surface area contributed by atoms with Gasteiger partial charge in [-0.25, -0.2) is 10.4 Å². The molecule has 0 bridgehead atoms. The molecule has 0 radical (unpaired) electrons. The number of carbonyl (C=O) groups excluding carboxylic acids is 2. The minimum atomic E-state index is -0.375. The second kappa shape index (κ2) is 10.5. The van der Waals surface area contributed by atoms with Crippen molar-refractivity contribution in [3.8, 4) is 11.3 Å². The first-order chi connectivity index (χ1) is 16.8. The van der Waals surface area contributed by atoms with Crippen LogP contribution < -0.4 is 10.7 Å². The molecule has 0 saturated heterocycles. The van der Waals surface area contributed by atoms with Crippen molar-refractivity contribution in [1.29, 1.82) is 0 Å². The van der Waals surface area contributed by atoms with Crippen molar-refractivity contribution in [2.24, 2.45) is 11.0 Å². The first kappa shape index (κ1) is 24.1. The van der Waals surface area contributed by atoms with E-state index in [1.165, 1.54) is 0 Å². The third kappa shape index (κ3) is 5.55. The summed E-state index contributed by atoms with van der Waals surface area (Å²) in [5.41, 5.74) is 7.20. The fourth-order valence-electron chi connectivity index (χ4n) is 3.53. The average molecular weight is 485 g/mol. The Kier molecular flexibility index (Phi) is 7.22. The molecule has 0 aliphatic heterocycles. The fourth-order valence-corrected chi connectivity index (χ4v) is 3.74. The van der Waals surface area contributed by atoms with Gasteiger partial charge in [0, 0.05) is 22.6 Å². The van der Waals surface area contributed by atoms with E-state index >= 15 is 0 Å². The highest BCUT2D eigenvalue weighted by atomic mass is 35.5. The summed E-state index contributed by atoms with van der Waals surface area (Å²) >= 11 is 6.42. The van der Waals surface area contributed by atoms with Crippen LogP contribution in [0.2, 0.25) is 5.02 Å². The van der Waals surface area contributed by atoms with Gasteiger partial charge in [0.2, 0.25) is 5.91 Å². The van der Waals surface area contributed by atoms with Crippen molar-refractivity contribution in [3.63, 3.8) is 0 Å². The molecule has 0 saturated carbocycles. The van der Waals surface area contributed by atoms with Crippen LogP contribution in [-0.2, 0) is 4.79 Å². The van der Waals surface area contributed by atoms with Crippen molar-refractivity contribution in [1.82, 2.24) is 10.4 Å². The Hall–Kier alpha value is -4.03. The summed E-state index contributed by atoms with van der Waals surface area (Å²) in [4.78, 5) is 29.9. The maximum absolute atomic E-state index is 13.2. The number of pyridine rings is 1. The molecule has 0 aliphatic rings. The molecule has 6 nitrogen and oxygen atoms in total. The largest absolute Gasteiger partial charge is 0.326 e. The molecule has 2 N–H and O–H groups in total. The lowest BCUT2D eigenvalue weighted by atomic mass is 10.0. The van der Waals surface area contributed by atoms with Crippen LogP contribution in [0.25, 0.3) is 22.2 Å². The Balaban J connectivity index is 1.64. The second-order valence-corrected chi connectivity index (χ2v) is 8.83. The predicted molar refractivity (Wildman–Crippen MR) is 142 cm³/mol. The number of nitrogens with zero attached hydrogens (tertiary/aromatic N) is 2. The number of nitrogens with one attached hydrogen (secondary N) is 2. The van der Waals surface area contributed by atoms with Crippen molar-refractivity contribution in [2.75, 3.05) is 5.32 Å². The number of anilines is 1. The smallest absolute Gasteiger partial charge is 0.272 e. The van der Waals surface area contributed by atoms with Crippen LogP contribution in [0.5, 0.6) is 0 Å². The standard InChI is InChI=1S/C28H25ClN4O2/c1-17(2)27(34)30-21-12-7-11-20(15-21)18(3)32-33-28(35)23-16-25(19-9-5-4-6-10-19)31-26-22(23)13-8-14-24(26)29/h4-17H,1-3H3,(H,30,34)(H,33,35)/b32-18+. The van der Waals surface area contributed by atoms with E-state index in [1.54, 1.807) is 25.1 Å². The zero-order valence-electron chi connectivity index (χ0n) is 19.7. The van der Waals surface area contributed by atoms with Crippen molar-refractivity contribution in [3.05, 3.63) is 95.0 Å². The molecule has 0 fully saturated rings. The third-order valence-electron chi connectivity index (χ3n) is 5.50. The van der Waals surface area contributed by atoms with Gasteiger partial charge in [0.15, 0.2) is 0 Å². The molecule has 35 heavy (non-hydrogen) atoms. The quantitative estimate of drug-likeness (QED) is 0.248. The van der Waals surface area contributed by atoms with Gasteiger partial charge >= 0.3 is 0 Å². The molecule has 7 heteroatoms. The summed E-state index contributed by atoms with van der Waals surface area (Å²) in [7, 11) is 0. The monoisotopic (exact) mass is 484 g/mol. The molecule has 4 aromatic rings. The molecule has 0 unspecified atom stereocenters. The van der Waals surface area contributed by atoms with E-state index in [0.29, 0.717) is 38.6 Å². The summed E-state index contributed by atoms with van der Waals surface area (Å²) in [6.45, 7) is 5.46. The summed E-state index contributed by atoms with van der Waals surface area (Å²) < 4.78 is 0. The number of hydrogen-bond donors (Lipinski definition) is 2. The van der Waals surface area contributed by atoms with E-state index in [2.05, 4.69) is 15.8 Å². The number of amides is 2. The van der Waals surface area contributed by atoms with Gasteiger partial charge in [0.05, 0.1) is 27.5 Å². The van der Waals surface area contributed by atoms with Crippen LogP contribution >= 0.6 is 11.6 Å². The lowest BCUT2D eigenvalue weighted by Crippen LogP contribution is -2.20. The maximum Gasteiger partial charge on any atom is 0.272 e. The molecule has 1 heterocycles. The normalized spacial score (nSPS) is 11.5. The Morgan fingerprint density at radius 1 is 0.943 bits per heavy atom. The highest BCUT2D eigenvalue weighted by molar-refractivity contribution is 6.35. The molecule has 0 spiro atoms. The number of rotatable bonds is 6. The molecular weight excluding hydrogens is 460 g/mol. The topological polar surface area (TPSA) is 83.4 Å². The number of halogens is 1. The van der Waals surface area contributed by atoms with Gasteiger partial charge in [-0.2, -0.15) is 5.10 Å². The van der Waals surface area contributed by atoms with Gasteiger partial charge in [-0.05, 0) is 36.8 Å². The number of para-hydroxylation sites is 1. The lowest BCUT2D eigenvalue weighted by molar-refractivity contribution is -0.118. The van der Waals surface area contributed by atoms with Gasteiger partial charge in [-0.3, -0.25) is 9.59 Å². The Morgan fingerprint density at radius 2 is 1.69 bits per heavy atom. The van der Waals surface area contributed by atoms with Gasteiger partial charge in [-0.1, -0.05) is 80.0 Å². The number of carbonyl (C=O) groups is 2. The molecule has 2 amide bonds. The highest BCUT2D eigenvalue weighted by Crippen LogP contribution is 2.29. The van der Waals surface area contributed by atoms with Gasteiger partial charge in [-0.15, -0.1) is 0 Å². The van der Waals surface area contributed by atoms with Crippen molar-refractivity contribution < 1.29 is 9.59 Å². The molecule has 4 rings (SSSR count). The Morgan fingerprint density at radius 3 is 2.43 bits per heavy atom. The van der Waals surface area contributed by atoms with Crippen LogP contribution in [0.4, 0.5) is 5.69 Å². The van der Waals surface area contributed by atoms with E-state index < -0.39 is 0 Å². The molecular formula is C28H25ClN4O2. The van der Waals surface area contributed by atoms with Crippen LogP contribution in [0.1, 0.15) is 36.7 Å². The van der Waals surface area contributed by atoms with E-state index in [0.717, 1.165) is 11.1 Å². The van der Waals surface area contributed by atoms with Gasteiger partial charge in [0.1, 0.15) is 0 Å². The number of hydrazone groups is 1. The summed E-state index contributed by atoms with van der Waals surface area (Å²) in [6, 6.07) is 24.0. The Bertz CT molecular complexity index is 1430. The number of fused-ring (bicyclic) bond motifs is 1. The molecule has 0 atom stereocenters. The minimum absolute atomic E-state index is 0.0671. The van der Waals surface area contributed by atoms with Gasteiger partial charge < -0.3 is 5.32 Å². The van der Waals surface area contributed by atoms with E-state index in [4.69, 9.17) is 16.6 Å². The maximum atomic E-state index is 13.2. The summed E-state index contributed by atoms with van der Waals surface area (Å²) in [5.74, 6) is -0.569. The average Bonchev–Trinajstić information content (AvgIpc) is 2.87. The first-order valence-electron chi connectivity index (χ1n) is 11.2. The first-order valence-corrected chi connectivity index (χ1v) is 11.6. The Labute approximate surface area is 209 Å². The second-order valence-electron chi connectivity index (χ2n) is 8.42. The molecule has 0 aliphatic carbocycles. The third-order valence-corrected chi connectivity index (χ3v) is 5.81. The van der Waals surface area contributed by atoms with Crippen molar-refractivity contribution >= 4 is 45.7 Å². The van der Waals surface area contributed by atoms with E-state index in [9.17, 15) is 9.59 Å². The van der Waals surface area contributed by atoms with E-state index in [-0.39, 0.29) is 17.7 Å². The summed E-state index contributed by atoms with van der Waals surface area (Å²) in [6.07, 6.45) is 0. The number of hydrogen-bond acceptors (Lipinski definition) is 4. The SMILES string of the molecule is C/C(=N\NC(=O)c1cc(-c2ccccc2)nc2c(Cl)cccc12)c1cccc(NC(=O)C(C)C)c1. The van der Waals surface area contributed by atoms with Crippen LogP contribution in [0.15, 0.2) is 84.0 Å². The molecule has 1 aromatic heterocycles. The zero-order valence-corrected chi connectivity index (χ0v) is 20.4. The highest BCUT2D eigenvalue weighted by Gasteiger charge is 2.16. The minimum Gasteiger partial charge on any atom is -0.326 e. The molecule has 3 aromatic carbocycles. The van der Waals surface area contributed by atoms with Gasteiger partial charge in [0.25, 0.3) is 5.91 Å². The fraction of sp³-hybridized carbons (Fsp3) is 0.143. The summed E-state index contributed by atoms with van der Waals surface area (Å²) in [5, 5.41) is 8.29. The lowest BCUT2D eigenvalue weighted by Gasteiger charge is -2.11. The van der Waals surface area contributed by atoms with Crippen molar-refractivity contribution in [2.45, 2.75) is 20.8 Å². The van der Waals surface area contributed by atoms with Crippen LogP contribution in [0.3, 0.4) is 0 Å². The zero-order chi connectivity index (χ0) is 24.9.